The van der Waals surface area contributed by atoms with E-state index in [-0.39, 0.29) is 12.0 Å². The zero-order valence-corrected chi connectivity index (χ0v) is 24.0. The number of carbonyl (C=O) groups is 1. The Morgan fingerprint density at radius 3 is 2.71 bits per heavy atom. The molecule has 4 saturated carbocycles. The Hall–Kier alpha value is -1.81. The summed E-state index contributed by atoms with van der Waals surface area (Å²) in [6, 6.07) is 8.38. The van der Waals surface area contributed by atoms with Crippen molar-refractivity contribution in [2.45, 2.75) is 104 Å². The molecule has 1 aromatic heterocycles. The van der Waals surface area contributed by atoms with Crippen molar-refractivity contribution in [2.24, 2.45) is 46.3 Å². The molecule has 0 aliphatic heterocycles. The first-order valence-corrected chi connectivity index (χ1v) is 15.8. The molecule has 1 amide bonds. The highest BCUT2D eigenvalue weighted by Crippen LogP contribution is 2.68. The van der Waals surface area contributed by atoms with Crippen LogP contribution in [0.2, 0.25) is 0 Å². The number of rotatable bonds is 7. The van der Waals surface area contributed by atoms with Crippen LogP contribution in [0.5, 0.6) is 0 Å². The highest BCUT2D eigenvalue weighted by atomic mass is 16.3. The summed E-state index contributed by atoms with van der Waals surface area (Å²) in [4.78, 5) is 16.1. The lowest BCUT2D eigenvalue weighted by molar-refractivity contribution is -0.129. The van der Waals surface area contributed by atoms with Gasteiger partial charge in [-0.2, -0.15) is 0 Å². The number of aromatic nitrogens is 1. The Morgan fingerprint density at radius 2 is 1.84 bits per heavy atom. The lowest BCUT2D eigenvalue weighted by atomic mass is 9.44. The molecule has 0 saturated heterocycles. The summed E-state index contributed by atoms with van der Waals surface area (Å²) in [7, 11) is 0. The van der Waals surface area contributed by atoms with Crippen molar-refractivity contribution in [3.05, 3.63) is 36.0 Å². The molecule has 0 unspecified atom stereocenters. The van der Waals surface area contributed by atoms with E-state index in [1.165, 1.54) is 61.4 Å². The van der Waals surface area contributed by atoms with E-state index in [4.69, 9.17) is 0 Å². The molecule has 4 aliphatic carbocycles. The molecular weight excluding hydrogens is 468 g/mol. The average Bonchev–Trinajstić information content (AvgIpc) is 3.48. The Labute approximate surface area is 229 Å². The van der Waals surface area contributed by atoms with E-state index < -0.39 is 0 Å². The second kappa shape index (κ2) is 10.3. The third-order valence-electron chi connectivity index (χ3n) is 12.6. The molecule has 9 atom stereocenters. The Morgan fingerprint density at radius 1 is 1.05 bits per heavy atom. The molecule has 38 heavy (non-hydrogen) atoms. The highest BCUT2D eigenvalue weighted by Gasteiger charge is 2.60. The number of aliphatic hydroxyl groups excluding tert-OH is 1. The molecule has 1 heterocycles. The molecule has 2 aromatic rings. The minimum Gasteiger partial charge on any atom is -0.393 e. The van der Waals surface area contributed by atoms with Crippen molar-refractivity contribution in [3.63, 3.8) is 0 Å². The Balaban J connectivity index is 1.02. The van der Waals surface area contributed by atoms with Gasteiger partial charge in [0.05, 0.1) is 6.10 Å². The number of para-hydroxylation sites is 1. The number of amides is 1. The van der Waals surface area contributed by atoms with Crippen LogP contribution < -0.4 is 5.32 Å². The van der Waals surface area contributed by atoms with Crippen LogP contribution in [0.3, 0.4) is 0 Å². The van der Waals surface area contributed by atoms with Crippen molar-refractivity contribution < 1.29 is 9.90 Å². The molecule has 4 nitrogen and oxygen atoms in total. The highest BCUT2D eigenvalue weighted by molar-refractivity contribution is 5.83. The summed E-state index contributed by atoms with van der Waals surface area (Å²) in [5.74, 6) is 4.93. The van der Waals surface area contributed by atoms with E-state index in [0.717, 1.165) is 55.3 Å². The summed E-state index contributed by atoms with van der Waals surface area (Å²) in [6.07, 6.45) is 16.1. The number of benzene rings is 1. The van der Waals surface area contributed by atoms with Crippen molar-refractivity contribution in [1.82, 2.24) is 10.3 Å². The standard InChI is InChI=1S/C34H50N2O2/c1-22(8-13-32(38)35-19-16-23-21-36-31-7-5-4-6-26(23)31)28-11-12-29-27-10-9-24-20-25(37)14-17-33(24,2)30(27)15-18-34(28,29)3/h4-7,21-22,24-25,27-30,36-37H,8-20H2,1-3H3,(H,35,38)/t22-,24-,25-,27+,28-,29+,30+,33+,34-/m1/s1. The molecule has 4 heteroatoms. The predicted molar refractivity (Wildman–Crippen MR) is 155 cm³/mol. The third-order valence-corrected chi connectivity index (χ3v) is 12.6. The number of hydrogen-bond donors (Lipinski definition) is 3. The van der Waals surface area contributed by atoms with Crippen molar-refractivity contribution in [1.29, 1.82) is 0 Å². The van der Waals surface area contributed by atoms with Gasteiger partial charge in [0.15, 0.2) is 0 Å². The van der Waals surface area contributed by atoms with Crippen LogP contribution >= 0.6 is 0 Å². The van der Waals surface area contributed by atoms with Gasteiger partial charge >= 0.3 is 0 Å². The number of H-pyrrole nitrogens is 1. The van der Waals surface area contributed by atoms with Crippen LogP contribution in [-0.4, -0.2) is 28.6 Å². The number of nitrogens with one attached hydrogen (secondary N) is 2. The van der Waals surface area contributed by atoms with Gasteiger partial charge in [-0.15, -0.1) is 0 Å². The lowest BCUT2D eigenvalue weighted by Crippen LogP contribution is -2.54. The van der Waals surface area contributed by atoms with Gasteiger partial charge in [-0.3, -0.25) is 4.79 Å². The summed E-state index contributed by atoms with van der Waals surface area (Å²) < 4.78 is 0. The van der Waals surface area contributed by atoms with Crippen molar-refractivity contribution in [3.8, 4) is 0 Å². The zero-order chi connectivity index (χ0) is 26.5. The monoisotopic (exact) mass is 518 g/mol. The van der Waals surface area contributed by atoms with Gasteiger partial charge in [-0.05, 0) is 129 Å². The molecule has 0 spiro atoms. The van der Waals surface area contributed by atoms with Crippen molar-refractivity contribution in [2.75, 3.05) is 6.54 Å². The number of hydrogen-bond acceptors (Lipinski definition) is 2. The summed E-state index contributed by atoms with van der Waals surface area (Å²) in [5, 5.41) is 14.8. The van der Waals surface area contributed by atoms with E-state index >= 15 is 0 Å². The first kappa shape index (κ1) is 26.4. The van der Waals surface area contributed by atoms with Crippen LogP contribution in [-0.2, 0) is 11.2 Å². The van der Waals surface area contributed by atoms with Crippen LogP contribution in [0.4, 0.5) is 0 Å². The van der Waals surface area contributed by atoms with Crippen molar-refractivity contribution >= 4 is 16.8 Å². The van der Waals surface area contributed by atoms with Crippen LogP contribution in [0.25, 0.3) is 10.9 Å². The predicted octanol–water partition coefficient (Wildman–Crippen LogP) is 7.26. The second-order valence-electron chi connectivity index (χ2n) is 14.3. The molecule has 6 rings (SSSR count). The SMILES string of the molecule is C[C@H](CCC(=O)NCCc1c[nH]c2ccccc12)[C@H]1CC[C@H]2[C@@H]3CC[C@@H]4C[C@H](O)CC[C@]4(C)[C@H]3CC[C@]12C. The van der Waals surface area contributed by atoms with E-state index in [0.29, 0.717) is 29.7 Å². The van der Waals surface area contributed by atoms with Crippen LogP contribution in [0.1, 0.15) is 97.0 Å². The molecule has 4 aliphatic rings. The third kappa shape index (κ3) is 4.53. The summed E-state index contributed by atoms with van der Waals surface area (Å²) in [5.41, 5.74) is 3.35. The van der Waals surface area contributed by atoms with Gasteiger partial charge in [0.25, 0.3) is 0 Å². The van der Waals surface area contributed by atoms with Crippen LogP contribution in [0.15, 0.2) is 30.5 Å². The average molecular weight is 519 g/mol. The molecule has 0 bridgehead atoms. The summed E-state index contributed by atoms with van der Waals surface area (Å²) in [6.45, 7) is 8.36. The van der Waals surface area contributed by atoms with Gasteiger partial charge < -0.3 is 15.4 Å². The normalized spacial score (nSPS) is 39.3. The molecule has 208 valence electrons. The molecule has 0 radical (unpaired) electrons. The summed E-state index contributed by atoms with van der Waals surface area (Å²) >= 11 is 0. The number of fused-ring (bicyclic) bond motifs is 6. The molecule has 1 aromatic carbocycles. The lowest BCUT2D eigenvalue weighted by Gasteiger charge is -2.61. The molecule has 4 fully saturated rings. The fraction of sp³-hybridized carbons (Fsp3) is 0.735. The molecular formula is C34H50N2O2. The Kier molecular flexibility index (Phi) is 7.16. The quantitative estimate of drug-likeness (QED) is 0.361. The van der Waals surface area contributed by atoms with Crippen LogP contribution in [0, 0.1) is 46.3 Å². The number of aliphatic hydroxyl groups is 1. The number of carbonyl (C=O) groups excluding carboxylic acids is 1. The first-order chi connectivity index (χ1) is 18.3. The van der Waals surface area contributed by atoms with Gasteiger partial charge in [-0.1, -0.05) is 39.0 Å². The minimum atomic E-state index is -0.0547. The van der Waals surface area contributed by atoms with E-state index in [2.05, 4.69) is 61.5 Å². The fourth-order valence-electron chi connectivity index (χ4n) is 10.5. The van der Waals surface area contributed by atoms with Gasteiger partial charge in [0.2, 0.25) is 5.91 Å². The van der Waals surface area contributed by atoms with Gasteiger partial charge in [0, 0.05) is 30.1 Å². The molecule has 3 N–H and O–H groups in total. The maximum absolute atomic E-state index is 12.8. The fourth-order valence-corrected chi connectivity index (χ4v) is 10.5. The smallest absolute Gasteiger partial charge is 0.220 e. The second-order valence-corrected chi connectivity index (χ2v) is 14.3. The minimum absolute atomic E-state index is 0.0547. The zero-order valence-electron chi connectivity index (χ0n) is 24.0. The topological polar surface area (TPSA) is 65.1 Å². The number of aromatic amines is 1. The van der Waals surface area contributed by atoms with Gasteiger partial charge in [-0.25, -0.2) is 0 Å². The van der Waals surface area contributed by atoms with Gasteiger partial charge in [0.1, 0.15) is 0 Å². The largest absolute Gasteiger partial charge is 0.393 e. The maximum Gasteiger partial charge on any atom is 0.220 e. The van der Waals surface area contributed by atoms with E-state index in [9.17, 15) is 9.90 Å². The van der Waals surface area contributed by atoms with E-state index in [1.54, 1.807) is 0 Å². The maximum atomic E-state index is 12.8. The van der Waals surface area contributed by atoms with E-state index in [1.807, 2.05) is 0 Å². The Bertz CT molecular complexity index is 1140. The first-order valence-electron chi connectivity index (χ1n) is 15.8.